The van der Waals surface area contributed by atoms with Gasteiger partial charge in [-0.3, -0.25) is 9.69 Å². The van der Waals surface area contributed by atoms with Crippen molar-refractivity contribution in [3.63, 3.8) is 0 Å². The van der Waals surface area contributed by atoms with Crippen LogP contribution in [0.1, 0.15) is 72.9 Å². The molecule has 1 saturated carbocycles. The molecule has 3 aliphatic rings. The number of nitrogens with zero attached hydrogens (tertiary/aromatic N) is 2. The molecule has 1 aromatic heterocycles. The first-order valence-electron chi connectivity index (χ1n) is 12.6. The molecule has 33 heavy (non-hydrogen) atoms. The van der Waals surface area contributed by atoms with Crippen molar-refractivity contribution in [3.05, 3.63) is 58.8 Å². The Morgan fingerprint density at radius 3 is 2.91 bits per heavy atom. The summed E-state index contributed by atoms with van der Waals surface area (Å²) in [5.74, 6) is 0.853. The molecule has 0 amide bonds. The highest BCUT2D eigenvalue weighted by Crippen LogP contribution is 2.44. The molecular weight excluding hydrogens is 414 g/mol. The molecule has 1 aromatic carbocycles. The molecule has 1 saturated heterocycles. The Morgan fingerprint density at radius 1 is 1.18 bits per heavy atom. The summed E-state index contributed by atoms with van der Waals surface area (Å²) in [5, 5.41) is 13.4. The number of aromatic nitrogens is 1. The minimum absolute atomic E-state index is 0.117. The fourth-order valence-corrected chi connectivity index (χ4v) is 5.30. The fourth-order valence-electron chi connectivity index (χ4n) is 5.30. The maximum absolute atomic E-state index is 12.2. The molecule has 0 bridgehead atoms. The highest BCUT2D eigenvalue weighted by Gasteiger charge is 2.37. The van der Waals surface area contributed by atoms with Crippen LogP contribution in [0.2, 0.25) is 0 Å². The summed E-state index contributed by atoms with van der Waals surface area (Å²) in [4.78, 5) is 19.1. The Hall–Kier alpha value is -2.44. The third-order valence-corrected chi connectivity index (χ3v) is 7.22. The number of carboxylic acids is 1. The van der Waals surface area contributed by atoms with E-state index in [0.29, 0.717) is 12.5 Å². The molecule has 6 nitrogen and oxygen atoms in total. The lowest BCUT2D eigenvalue weighted by molar-refractivity contribution is -0.143. The second-order valence-electron chi connectivity index (χ2n) is 9.72. The Labute approximate surface area is 196 Å². The average Bonchev–Trinajstić information content (AvgIpc) is 3.58. The number of fused-ring (bicyclic) bond motifs is 1. The van der Waals surface area contributed by atoms with E-state index in [1.54, 1.807) is 0 Å². The highest BCUT2D eigenvalue weighted by atomic mass is 16.5. The van der Waals surface area contributed by atoms with Gasteiger partial charge in [-0.15, -0.1) is 0 Å². The SMILES string of the molecule is O=C(O)[C@H](c1ccccc1C1CC1)N1CC[C@@H](OCCCCc2ccc3c(n2)NCCC3)C1. The first-order chi connectivity index (χ1) is 16.2. The van der Waals surface area contributed by atoms with E-state index in [1.165, 1.54) is 30.4 Å². The van der Waals surface area contributed by atoms with Gasteiger partial charge in [0.2, 0.25) is 0 Å². The lowest BCUT2D eigenvalue weighted by atomic mass is 9.96. The third-order valence-electron chi connectivity index (χ3n) is 7.22. The van der Waals surface area contributed by atoms with Crippen molar-refractivity contribution in [2.75, 3.05) is 31.6 Å². The van der Waals surface area contributed by atoms with Crippen molar-refractivity contribution in [2.45, 2.75) is 69.4 Å². The molecule has 0 radical (unpaired) electrons. The molecule has 3 heterocycles. The fraction of sp³-hybridized carbons (Fsp3) is 0.556. The average molecular weight is 450 g/mol. The number of pyridine rings is 1. The van der Waals surface area contributed by atoms with Crippen molar-refractivity contribution >= 4 is 11.8 Å². The number of unbranched alkanes of at least 4 members (excludes halogenated alkanes) is 1. The van der Waals surface area contributed by atoms with Gasteiger partial charge in [-0.05, 0) is 80.0 Å². The number of anilines is 1. The number of aryl methyl sites for hydroxylation is 2. The topological polar surface area (TPSA) is 74.7 Å². The lowest BCUT2D eigenvalue weighted by Gasteiger charge is -2.26. The molecule has 0 spiro atoms. The number of hydrogen-bond donors (Lipinski definition) is 2. The number of nitrogens with one attached hydrogen (secondary N) is 1. The zero-order valence-corrected chi connectivity index (χ0v) is 19.3. The quantitative estimate of drug-likeness (QED) is 0.518. The van der Waals surface area contributed by atoms with Gasteiger partial charge in [0, 0.05) is 31.9 Å². The molecule has 1 aliphatic carbocycles. The number of rotatable bonds is 10. The second-order valence-corrected chi connectivity index (χ2v) is 9.72. The number of carboxylic acid groups (broad SMARTS) is 1. The van der Waals surface area contributed by atoms with Gasteiger partial charge in [-0.25, -0.2) is 4.98 Å². The van der Waals surface area contributed by atoms with Crippen LogP contribution in [0.4, 0.5) is 5.82 Å². The molecule has 2 atom stereocenters. The summed E-state index contributed by atoms with van der Waals surface area (Å²) in [6.45, 7) is 3.20. The number of aliphatic carboxylic acids is 1. The minimum Gasteiger partial charge on any atom is -0.480 e. The van der Waals surface area contributed by atoms with Crippen molar-refractivity contribution in [2.24, 2.45) is 0 Å². The molecule has 2 aromatic rings. The maximum atomic E-state index is 12.2. The summed E-state index contributed by atoms with van der Waals surface area (Å²) in [6, 6.07) is 11.9. The highest BCUT2D eigenvalue weighted by molar-refractivity contribution is 5.76. The van der Waals surface area contributed by atoms with Gasteiger partial charge in [0.25, 0.3) is 0 Å². The van der Waals surface area contributed by atoms with E-state index in [9.17, 15) is 9.90 Å². The maximum Gasteiger partial charge on any atom is 0.325 e. The van der Waals surface area contributed by atoms with Crippen LogP contribution in [0.15, 0.2) is 36.4 Å². The van der Waals surface area contributed by atoms with E-state index >= 15 is 0 Å². The number of likely N-dealkylation sites (tertiary alicyclic amines) is 1. The number of carbonyl (C=O) groups is 1. The molecule has 2 N–H and O–H groups in total. The van der Waals surface area contributed by atoms with Crippen LogP contribution in [0.25, 0.3) is 0 Å². The summed E-state index contributed by atoms with van der Waals surface area (Å²) in [6.07, 6.45) is 8.68. The monoisotopic (exact) mass is 449 g/mol. The third kappa shape index (κ3) is 5.39. The first kappa shape index (κ1) is 22.4. The smallest absolute Gasteiger partial charge is 0.325 e. The van der Waals surface area contributed by atoms with Gasteiger partial charge < -0.3 is 15.2 Å². The summed E-state index contributed by atoms with van der Waals surface area (Å²) < 4.78 is 6.15. The van der Waals surface area contributed by atoms with Crippen molar-refractivity contribution in [3.8, 4) is 0 Å². The minimum atomic E-state index is -0.754. The molecule has 5 rings (SSSR count). The predicted molar refractivity (Wildman–Crippen MR) is 129 cm³/mol. The van der Waals surface area contributed by atoms with E-state index in [-0.39, 0.29) is 6.10 Å². The standard InChI is InChI=1S/C27H35N3O3/c31-27(32)25(24-9-2-1-8-23(24)19-10-11-19)30-16-14-22(18-30)33-17-4-3-7-21-13-12-20-6-5-15-28-26(20)29-21/h1-2,8-9,12-13,19,22,25H,3-7,10-11,14-18H2,(H,28,29)(H,31,32)/t22-,25+/m1/s1. The Bertz CT molecular complexity index is 975. The van der Waals surface area contributed by atoms with Gasteiger partial charge in [-0.2, -0.15) is 0 Å². The Morgan fingerprint density at radius 2 is 2.06 bits per heavy atom. The zero-order chi connectivity index (χ0) is 22.6. The van der Waals surface area contributed by atoms with Crippen LogP contribution in [0.3, 0.4) is 0 Å². The molecule has 2 aliphatic heterocycles. The van der Waals surface area contributed by atoms with Crippen molar-refractivity contribution in [1.29, 1.82) is 0 Å². The van der Waals surface area contributed by atoms with E-state index in [4.69, 9.17) is 9.72 Å². The van der Waals surface area contributed by atoms with Crippen LogP contribution in [0.5, 0.6) is 0 Å². The van der Waals surface area contributed by atoms with Crippen LogP contribution in [-0.4, -0.2) is 53.3 Å². The number of ether oxygens (including phenoxy) is 1. The van der Waals surface area contributed by atoms with Crippen molar-refractivity contribution < 1.29 is 14.6 Å². The molecule has 0 unspecified atom stereocenters. The largest absolute Gasteiger partial charge is 0.480 e. The Kier molecular flexibility index (Phi) is 6.93. The molecule has 2 fully saturated rings. The van der Waals surface area contributed by atoms with Crippen LogP contribution < -0.4 is 5.32 Å². The number of benzene rings is 1. The molecule has 6 heteroatoms. The van der Waals surface area contributed by atoms with Gasteiger partial charge in [-0.1, -0.05) is 30.3 Å². The van der Waals surface area contributed by atoms with E-state index in [1.807, 2.05) is 18.2 Å². The van der Waals surface area contributed by atoms with Crippen LogP contribution >= 0.6 is 0 Å². The van der Waals surface area contributed by atoms with Gasteiger partial charge in [0.05, 0.1) is 6.10 Å². The van der Waals surface area contributed by atoms with E-state index < -0.39 is 12.0 Å². The summed E-state index contributed by atoms with van der Waals surface area (Å²) in [7, 11) is 0. The first-order valence-corrected chi connectivity index (χ1v) is 12.6. The predicted octanol–water partition coefficient (Wildman–Crippen LogP) is 4.56. The Balaban J connectivity index is 1.08. The summed E-state index contributed by atoms with van der Waals surface area (Å²) >= 11 is 0. The van der Waals surface area contributed by atoms with Crippen molar-refractivity contribution in [1.82, 2.24) is 9.88 Å². The van der Waals surface area contributed by atoms with Crippen LogP contribution in [-0.2, 0) is 22.4 Å². The normalized spacial score (nSPS) is 21.4. The summed E-state index contributed by atoms with van der Waals surface area (Å²) in [5.41, 5.74) is 4.67. The second kappa shape index (κ2) is 10.2. The van der Waals surface area contributed by atoms with Gasteiger partial charge in [0.15, 0.2) is 0 Å². The van der Waals surface area contributed by atoms with E-state index in [2.05, 4.69) is 28.4 Å². The molecular formula is C27H35N3O3. The zero-order valence-electron chi connectivity index (χ0n) is 19.3. The van der Waals surface area contributed by atoms with E-state index in [0.717, 1.165) is 68.9 Å². The number of hydrogen-bond acceptors (Lipinski definition) is 5. The van der Waals surface area contributed by atoms with Gasteiger partial charge in [0.1, 0.15) is 11.9 Å². The van der Waals surface area contributed by atoms with Crippen LogP contribution in [0, 0.1) is 0 Å². The lowest BCUT2D eigenvalue weighted by Crippen LogP contribution is -2.34. The molecule has 176 valence electrons. The van der Waals surface area contributed by atoms with Gasteiger partial charge >= 0.3 is 5.97 Å².